The first-order chi connectivity index (χ1) is 5.20. The second kappa shape index (κ2) is 4.26. The first kappa shape index (κ1) is 9.26. The largest absolute Gasteiger partial charge is 0.350 e. The Hall–Kier alpha value is 0.170. The van der Waals surface area contributed by atoms with E-state index < -0.39 is 10.6 Å². The summed E-state index contributed by atoms with van der Waals surface area (Å²) in [5.74, 6) is 0. The Bertz CT molecular complexity index is 145. The van der Waals surface area contributed by atoms with Gasteiger partial charge in [0.1, 0.15) is 5.38 Å². The minimum absolute atomic E-state index is 0.323. The smallest absolute Gasteiger partial charge is 0.239 e. The minimum Gasteiger partial charge on any atom is -0.350 e. The standard InChI is InChI=1S/C6H8Cl2O3/c7-4(6(8)9)3-5-10-1-2-11-5/h4-5H,1-3H2. The molecule has 1 unspecified atom stereocenters. The molecule has 1 fully saturated rings. The number of alkyl halides is 1. The Morgan fingerprint density at radius 2 is 2.09 bits per heavy atom. The van der Waals surface area contributed by atoms with Gasteiger partial charge in [0, 0.05) is 6.42 Å². The van der Waals surface area contributed by atoms with E-state index in [0.717, 1.165) is 0 Å². The summed E-state index contributed by atoms with van der Waals surface area (Å²) in [7, 11) is 0. The topological polar surface area (TPSA) is 35.5 Å². The molecule has 0 N–H and O–H groups in total. The van der Waals surface area contributed by atoms with Crippen LogP contribution in [0, 0.1) is 0 Å². The van der Waals surface area contributed by atoms with E-state index in [9.17, 15) is 4.79 Å². The van der Waals surface area contributed by atoms with E-state index in [-0.39, 0.29) is 6.29 Å². The van der Waals surface area contributed by atoms with Crippen LogP contribution < -0.4 is 0 Å². The predicted octanol–water partition coefficient (Wildman–Crippen LogP) is 1.12. The maximum Gasteiger partial charge on any atom is 0.239 e. The molecule has 0 bridgehead atoms. The molecular weight excluding hydrogens is 191 g/mol. The molecule has 1 aliphatic rings. The molecule has 0 amide bonds. The van der Waals surface area contributed by atoms with Crippen LogP contribution in [0.25, 0.3) is 0 Å². The first-order valence-corrected chi connectivity index (χ1v) is 4.08. The molecular formula is C6H8Cl2O3. The van der Waals surface area contributed by atoms with Crippen molar-refractivity contribution in [2.75, 3.05) is 13.2 Å². The van der Waals surface area contributed by atoms with Gasteiger partial charge < -0.3 is 9.47 Å². The lowest BCUT2D eigenvalue weighted by atomic mass is 10.3. The van der Waals surface area contributed by atoms with Crippen LogP contribution in [0.3, 0.4) is 0 Å². The quantitative estimate of drug-likeness (QED) is 0.504. The highest BCUT2D eigenvalue weighted by Gasteiger charge is 2.23. The number of rotatable bonds is 3. The normalized spacial score (nSPS) is 22.0. The highest BCUT2D eigenvalue weighted by molar-refractivity contribution is 6.69. The zero-order valence-corrected chi connectivity index (χ0v) is 7.27. The zero-order chi connectivity index (χ0) is 8.27. The van der Waals surface area contributed by atoms with Gasteiger partial charge in [0.15, 0.2) is 6.29 Å². The number of carbonyl (C=O) groups excluding carboxylic acids is 1. The number of hydrogen-bond acceptors (Lipinski definition) is 3. The third kappa shape index (κ3) is 2.95. The molecule has 3 nitrogen and oxygen atoms in total. The lowest BCUT2D eigenvalue weighted by Gasteiger charge is -2.09. The Morgan fingerprint density at radius 1 is 1.55 bits per heavy atom. The van der Waals surface area contributed by atoms with Gasteiger partial charge in [0.2, 0.25) is 5.24 Å². The van der Waals surface area contributed by atoms with Gasteiger partial charge in [-0.05, 0) is 11.6 Å². The number of carbonyl (C=O) groups is 1. The maximum atomic E-state index is 10.5. The molecule has 1 aliphatic heterocycles. The SMILES string of the molecule is O=C(Cl)C(Cl)CC1OCCO1. The van der Waals surface area contributed by atoms with Gasteiger partial charge >= 0.3 is 0 Å². The Morgan fingerprint density at radius 3 is 2.55 bits per heavy atom. The Balaban J connectivity index is 2.23. The van der Waals surface area contributed by atoms with Crippen molar-refractivity contribution in [2.45, 2.75) is 18.1 Å². The van der Waals surface area contributed by atoms with E-state index in [1.807, 2.05) is 0 Å². The van der Waals surface area contributed by atoms with Crippen molar-refractivity contribution in [1.29, 1.82) is 0 Å². The fraction of sp³-hybridized carbons (Fsp3) is 0.833. The predicted molar refractivity (Wildman–Crippen MR) is 40.8 cm³/mol. The fourth-order valence-electron chi connectivity index (χ4n) is 0.805. The van der Waals surface area contributed by atoms with E-state index in [2.05, 4.69) is 0 Å². The summed E-state index contributed by atoms with van der Waals surface area (Å²) in [4.78, 5) is 10.5. The van der Waals surface area contributed by atoms with E-state index in [1.165, 1.54) is 0 Å². The first-order valence-electron chi connectivity index (χ1n) is 3.27. The third-order valence-corrected chi connectivity index (χ3v) is 2.09. The van der Waals surface area contributed by atoms with Crippen LogP contribution in [0.4, 0.5) is 0 Å². The maximum absolute atomic E-state index is 10.5. The molecule has 0 aromatic heterocycles. The van der Waals surface area contributed by atoms with Crippen LogP contribution >= 0.6 is 23.2 Å². The summed E-state index contributed by atoms with van der Waals surface area (Å²) in [5, 5.41) is -1.27. The van der Waals surface area contributed by atoms with Crippen molar-refractivity contribution in [3.63, 3.8) is 0 Å². The molecule has 0 aliphatic carbocycles. The van der Waals surface area contributed by atoms with E-state index in [1.54, 1.807) is 0 Å². The molecule has 0 radical (unpaired) electrons. The van der Waals surface area contributed by atoms with Gasteiger partial charge in [0.05, 0.1) is 13.2 Å². The summed E-state index contributed by atoms with van der Waals surface area (Å²) in [6, 6.07) is 0. The second-order valence-electron chi connectivity index (χ2n) is 2.18. The average molecular weight is 199 g/mol. The molecule has 1 rings (SSSR count). The monoisotopic (exact) mass is 198 g/mol. The van der Waals surface area contributed by atoms with Crippen LogP contribution in [0.1, 0.15) is 6.42 Å². The minimum atomic E-state index is -0.709. The van der Waals surface area contributed by atoms with E-state index >= 15 is 0 Å². The van der Waals surface area contributed by atoms with Gasteiger partial charge in [-0.2, -0.15) is 0 Å². The van der Waals surface area contributed by atoms with Crippen molar-refractivity contribution in [3.8, 4) is 0 Å². The van der Waals surface area contributed by atoms with Gasteiger partial charge in [-0.15, -0.1) is 11.6 Å². The van der Waals surface area contributed by atoms with Crippen LogP contribution in [0.5, 0.6) is 0 Å². The van der Waals surface area contributed by atoms with E-state index in [0.29, 0.717) is 19.6 Å². The molecule has 0 aromatic carbocycles. The van der Waals surface area contributed by atoms with Crippen molar-refractivity contribution >= 4 is 28.4 Å². The molecule has 64 valence electrons. The number of ether oxygens (including phenoxy) is 2. The van der Waals surface area contributed by atoms with Crippen molar-refractivity contribution < 1.29 is 14.3 Å². The van der Waals surface area contributed by atoms with Gasteiger partial charge in [-0.3, -0.25) is 4.79 Å². The summed E-state index contributed by atoms with van der Waals surface area (Å²) >= 11 is 10.7. The zero-order valence-electron chi connectivity index (χ0n) is 5.76. The van der Waals surface area contributed by atoms with Crippen LogP contribution in [0.2, 0.25) is 0 Å². The van der Waals surface area contributed by atoms with E-state index in [4.69, 9.17) is 32.7 Å². The van der Waals surface area contributed by atoms with Crippen molar-refractivity contribution in [2.24, 2.45) is 0 Å². The Kier molecular flexibility index (Phi) is 3.59. The molecule has 0 saturated carbocycles. The highest BCUT2D eigenvalue weighted by atomic mass is 35.5. The molecule has 0 spiro atoms. The van der Waals surface area contributed by atoms with Crippen molar-refractivity contribution in [3.05, 3.63) is 0 Å². The number of hydrogen-bond donors (Lipinski definition) is 0. The summed E-state index contributed by atoms with van der Waals surface area (Å²) in [6.45, 7) is 1.12. The lowest BCUT2D eigenvalue weighted by Crippen LogP contribution is -2.18. The van der Waals surface area contributed by atoms with Crippen LogP contribution in [-0.4, -0.2) is 30.1 Å². The third-order valence-electron chi connectivity index (χ3n) is 1.34. The molecule has 5 heteroatoms. The fourth-order valence-corrected chi connectivity index (χ4v) is 1.04. The van der Waals surface area contributed by atoms with Crippen LogP contribution in [-0.2, 0) is 14.3 Å². The molecule has 11 heavy (non-hydrogen) atoms. The highest BCUT2D eigenvalue weighted by Crippen LogP contribution is 2.15. The van der Waals surface area contributed by atoms with Crippen LogP contribution in [0.15, 0.2) is 0 Å². The summed E-state index contributed by atoms with van der Waals surface area (Å²) < 4.78 is 10.1. The van der Waals surface area contributed by atoms with Crippen molar-refractivity contribution in [1.82, 2.24) is 0 Å². The molecule has 1 atom stereocenters. The van der Waals surface area contributed by atoms with Gasteiger partial charge in [-0.1, -0.05) is 0 Å². The molecule has 1 saturated heterocycles. The molecule has 1 heterocycles. The summed E-state index contributed by atoms with van der Waals surface area (Å²) in [6.07, 6.45) is -0.0376. The second-order valence-corrected chi connectivity index (χ2v) is 3.08. The molecule has 0 aromatic rings. The average Bonchev–Trinajstić information content (AvgIpc) is 2.39. The summed E-state index contributed by atoms with van der Waals surface area (Å²) in [5.41, 5.74) is 0. The number of halogens is 2. The van der Waals surface area contributed by atoms with Gasteiger partial charge in [-0.25, -0.2) is 0 Å². The lowest BCUT2D eigenvalue weighted by molar-refractivity contribution is -0.113. The Labute approximate surface area is 74.6 Å². The van der Waals surface area contributed by atoms with Gasteiger partial charge in [0.25, 0.3) is 0 Å².